The maximum Gasteiger partial charge on any atom is 0.273 e. The molecular formula is C12H10BrNO3. The summed E-state index contributed by atoms with van der Waals surface area (Å²) in [4.78, 5) is 10.5. The lowest BCUT2D eigenvalue weighted by Gasteiger charge is -2.09. The van der Waals surface area contributed by atoms with Gasteiger partial charge in [-0.1, -0.05) is 0 Å². The number of nitro benzene ring substituents is 1. The van der Waals surface area contributed by atoms with E-state index in [0.29, 0.717) is 15.8 Å². The highest BCUT2D eigenvalue weighted by molar-refractivity contribution is 9.10. The van der Waals surface area contributed by atoms with Gasteiger partial charge in [0.1, 0.15) is 5.76 Å². The number of furan rings is 1. The van der Waals surface area contributed by atoms with Gasteiger partial charge in [0, 0.05) is 21.7 Å². The molecule has 1 aromatic heterocycles. The summed E-state index contributed by atoms with van der Waals surface area (Å²) in [6.07, 6.45) is 1.58. The summed E-state index contributed by atoms with van der Waals surface area (Å²) in [6, 6.07) is 5.14. The first kappa shape index (κ1) is 11.9. The number of halogens is 1. The van der Waals surface area contributed by atoms with Crippen LogP contribution in [-0.2, 0) is 0 Å². The number of hydrogen-bond donors (Lipinski definition) is 0. The highest BCUT2D eigenvalue weighted by Crippen LogP contribution is 2.37. The second kappa shape index (κ2) is 4.33. The van der Waals surface area contributed by atoms with Crippen molar-refractivity contribution in [3.05, 3.63) is 50.2 Å². The maximum absolute atomic E-state index is 10.9. The maximum atomic E-state index is 10.9. The molecule has 0 bridgehead atoms. The van der Waals surface area contributed by atoms with Crippen LogP contribution in [0.1, 0.15) is 11.1 Å². The summed E-state index contributed by atoms with van der Waals surface area (Å²) in [5.74, 6) is 0.701. The Morgan fingerprint density at radius 3 is 2.59 bits per heavy atom. The van der Waals surface area contributed by atoms with Crippen LogP contribution in [0.2, 0.25) is 0 Å². The van der Waals surface area contributed by atoms with E-state index in [0.717, 1.165) is 11.1 Å². The van der Waals surface area contributed by atoms with Crippen molar-refractivity contribution in [3.63, 3.8) is 0 Å². The molecule has 0 saturated heterocycles. The first-order valence-electron chi connectivity index (χ1n) is 5.00. The molecule has 0 saturated carbocycles. The second-order valence-electron chi connectivity index (χ2n) is 3.74. The Balaban J connectivity index is 2.72. The quantitative estimate of drug-likeness (QED) is 0.615. The van der Waals surface area contributed by atoms with Crippen molar-refractivity contribution < 1.29 is 9.34 Å². The third kappa shape index (κ3) is 1.98. The molecule has 0 fully saturated rings. The van der Waals surface area contributed by atoms with E-state index in [1.54, 1.807) is 19.3 Å². The number of hydrogen-bond acceptors (Lipinski definition) is 3. The van der Waals surface area contributed by atoms with Crippen molar-refractivity contribution in [2.45, 2.75) is 13.8 Å². The Morgan fingerprint density at radius 1 is 1.35 bits per heavy atom. The van der Waals surface area contributed by atoms with Gasteiger partial charge in [-0.25, -0.2) is 0 Å². The molecule has 1 aromatic carbocycles. The van der Waals surface area contributed by atoms with E-state index in [4.69, 9.17) is 4.42 Å². The van der Waals surface area contributed by atoms with Gasteiger partial charge in [0.2, 0.25) is 0 Å². The lowest BCUT2D eigenvalue weighted by molar-refractivity contribution is -0.385. The van der Waals surface area contributed by atoms with E-state index in [1.807, 2.05) is 13.0 Å². The van der Waals surface area contributed by atoms with Crippen LogP contribution in [0.15, 0.2) is 33.4 Å². The smallest absolute Gasteiger partial charge is 0.273 e. The fourth-order valence-corrected chi connectivity index (χ4v) is 2.48. The number of nitro groups is 1. The monoisotopic (exact) mass is 295 g/mol. The minimum atomic E-state index is -0.376. The van der Waals surface area contributed by atoms with Gasteiger partial charge in [0.15, 0.2) is 0 Å². The normalized spacial score (nSPS) is 10.5. The summed E-state index contributed by atoms with van der Waals surface area (Å²) in [5.41, 5.74) is 2.48. The lowest BCUT2D eigenvalue weighted by Crippen LogP contribution is -1.96. The molecule has 0 atom stereocenters. The summed E-state index contributed by atoms with van der Waals surface area (Å²) >= 11 is 3.36. The van der Waals surface area contributed by atoms with Crippen LogP contribution in [-0.4, -0.2) is 4.92 Å². The minimum Gasteiger partial charge on any atom is -0.464 e. The number of benzene rings is 1. The average Bonchev–Trinajstić information content (AvgIpc) is 2.76. The van der Waals surface area contributed by atoms with Gasteiger partial charge < -0.3 is 4.42 Å². The molecule has 0 aliphatic rings. The molecule has 5 heteroatoms. The highest BCUT2D eigenvalue weighted by atomic mass is 79.9. The Bertz CT molecular complexity index is 576. The fourth-order valence-electron chi connectivity index (χ4n) is 1.77. The van der Waals surface area contributed by atoms with E-state index >= 15 is 0 Å². The number of rotatable bonds is 2. The topological polar surface area (TPSA) is 56.3 Å². The van der Waals surface area contributed by atoms with Crippen molar-refractivity contribution in [2.24, 2.45) is 0 Å². The van der Waals surface area contributed by atoms with Crippen LogP contribution in [0.4, 0.5) is 5.69 Å². The van der Waals surface area contributed by atoms with E-state index in [1.165, 1.54) is 6.07 Å². The second-order valence-corrected chi connectivity index (χ2v) is 4.59. The van der Waals surface area contributed by atoms with Crippen LogP contribution in [0, 0.1) is 24.0 Å². The van der Waals surface area contributed by atoms with Gasteiger partial charge in [0.05, 0.1) is 11.2 Å². The molecule has 4 nitrogen and oxygen atoms in total. The molecule has 88 valence electrons. The van der Waals surface area contributed by atoms with Crippen LogP contribution in [0.5, 0.6) is 0 Å². The predicted octanol–water partition coefficient (Wildman–Crippen LogP) is 4.23. The van der Waals surface area contributed by atoms with E-state index in [9.17, 15) is 10.1 Å². The molecule has 1 heterocycles. The summed E-state index contributed by atoms with van der Waals surface area (Å²) in [5, 5.41) is 10.9. The molecule has 0 spiro atoms. The zero-order valence-corrected chi connectivity index (χ0v) is 10.9. The first-order chi connectivity index (χ1) is 8.02. The van der Waals surface area contributed by atoms with Crippen LogP contribution in [0.3, 0.4) is 0 Å². The van der Waals surface area contributed by atoms with Crippen molar-refractivity contribution >= 4 is 21.6 Å². The molecule has 2 aromatic rings. The van der Waals surface area contributed by atoms with Crippen molar-refractivity contribution in [1.29, 1.82) is 0 Å². The van der Waals surface area contributed by atoms with Gasteiger partial charge in [-0.3, -0.25) is 10.1 Å². The SMILES string of the molecule is Cc1c([N+](=O)[O-])cc(Br)c(-c2ccco2)c1C. The molecular weight excluding hydrogens is 286 g/mol. The molecule has 0 amide bonds. The van der Waals surface area contributed by atoms with Gasteiger partial charge in [-0.05, 0) is 47.5 Å². The van der Waals surface area contributed by atoms with Crippen LogP contribution in [0.25, 0.3) is 11.3 Å². The zero-order valence-electron chi connectivity index (χ0n) is 9.36. The van der Waals surface area contributed by atoms with Gasteiger partial charge in [-0.15, -0.1) is 0 Å². The van der Waals surface area contributed by atoms with Gasteiger partial charge >= 0.3 is 0 Å². The molecule has 0 aliphatic carbocycles. The third-order valence-electron chi connectivity index (χ3n) is 2.79. The molecule has 0 unspecified atom stereocenters. The van der Waals surface area contributed by atoms with Crippen molar-refractivity contribution in [1.82, 2.24) is 0 Å². The fraction of sp³-hybridized carbons (Fsp3) is 0.167. The number of nitrogens with zero attached hydrogens (tertiary/aromatic N) is 1. The van der Waals surface area contributed by atoms with E-state index < -0.39 is 0 Å². The Kier molecular flexibility index (Phi) is 3.02. The van der Waals surface area contributed by atoms with Crippen molar-refractivity contribution in [2.75, 3.05) is 0 Å². The van der Waals surface area contributed by atoms with E-state index in [2.05, 4.69) is 15.9 Å². The van der Waals surface area contributed by atoms with Crippen LogP contribution < -0.4 is 0 Å². The molecule has 2 rings (SSSR count). The third-order valence-corrected chi connectivity index (χ3v) is 3.41. The van der Waals surface area contributed by atoms with Gasteiger partial charge in [0.25, 0.3) is 5.69 Å². The van der Waals surface area contributed by atoms with Crippen molar-refractivity contribution in [3.8, 4) is 11.3 Å². The predicted molar refractivity (Wildman–Crippen MR) is 68.0 cm³/mol. The Hall–Kier alpha value is -1.62. The standard InChI is InChI=1S/C12H10BrNO3/c1-7-8(2)12(11-4-3-5-17-11)9(13)6-10(7)14(15)16/h3-6H,1-2H3. The van der Waals surface area contributed by atoms with E-state index in [-0.39, 0.29) is 10.6 Å². The first-order valence-corrected chi connectivity index (χ1v) is 5.79. The zero-order chi connectivity index (χ0) is 12.6. The van der Waals surface area contributed by atoms with Crippen LogP contribution >= 0.6 is 15.9 Å². The average molecular weight is 296 g/mol. The molecule has 0 aliphatic heterocycles. The largest absolute Gasteiger partial charge is 0.464 e. The summed E-state index contributed by atoms with van der Waals surface area (Å²) in [7, 11) is 0. The molecule has 0 radical (unpaired) electrons. The highest BCUT2D eigenvalue weighted by Gasteiger charge is 2.20. The summed E-state index contributed by atoms with van der Waals surface area (Å²) < 4.78 is 6.01. The Morgan fingerprint density at radius 2 is 2.06 bits per heavy atom. The summed E-state index contributed by atoms with van der Waals surface area (Å²) in [6.45, 7) is 3.59. The lowest BCUT2D eigenvalue weighted by atomic mass is 10.00. The molecule has 0 N–H and O–H groups in total. The van der Waals surface area contributed by atoms with Gasteiger partial charge in [-0.2, -0.15) is 0 Å². The minimum absolute atomic E-state index is 0.115. The Labute approximate surface area is 107 Å². The molecule has 17 heavy (non-hydrogen) atoms.